The number of ether oxygens (including phenoxy) is 2. The number of hydrogen-bond acceptors (Lipinski definition) is 4. The lowest BCUT2D eigenvalue weighted by Crippen LogP contribution is -1.91. The minimum atomic E-state index is 0.509. The fraction of sp³-hybridized carbons (Fsp3) is 0.167. The van der Waals surface area contributed by atoms with E-state index in [1.54, 1.807) is 32.5 Å². The number of nitrogens with zero attached hydrogens (tertiary/aromatic N) is 2. The first-order chi connectivity index (χ1) is 7.80. The lowest BCUT2D eigenvalue weighted by molar-refractivity contribution is 0.398. The van der Waals surface area contributed by atoms with Crippen LogP contribution in [-0.2, 0) is 0 Å². The number of aromatic nitrogens is 1. The number of fused-ring (bicyclic) bond motifs is 1. The third-order valence-electron chi connectivity index (χ3n) is 2.39. The minimum absolute atomic E-state index is 0.509. The Bertz CT molecular complexity index is 573. The molecule has 1 heterocycles. The summed E-state index contributed by atoms with van der Waals surface area (Å²) in [7, 11) is 3.15. The molecule has 4 nitrogen and oxygen atoms in total. The molecule has 16 heavy (non-hydrogen) atoms. The molecule has 0 bridgehead atoms. The van der Waals surface area contributed by atoms with Gasteiger partial charge in [0.05, 0.1) is 19.8 Å². The molecule has 1 aromatic carbocycles. The maximum absolute atomic E-state index is 8.99. The van der Waals surface area contributed by atoms with Gasteiger partial charge >= 0.3 is 0 Å². The van der Waals surface area contributed by atoms with Crippen molar-refractivity contribution in [3.63, 3.8) is 0 Å². The highest BCUT2D eigenvalue weighted by atomic mass is 16.5. The highest BCUT2D eigenvalue weighted by Gasteiger charge is 2.08. The van der Waals surface area contributed by atoms with Gasteiger partial charge in [0.25, 0.3) is 0 Å². The zero-order valence-corrected chi connectivity index (χ0v) is 9.02. The molecule has 0 aliphatic heterocycles. The van der Waals surface area contributed by atoms with Crippen molar-refractivity contribution in [2.24, 2.45) is 0 Å². The molecule has 0 saturated heterocycles. The molecule has 0 unspecified atom stereocenters. The molecule has 0 saturated carbocycles. The Morgan fingerprint density at radius 3 is 2.56 bits per heavy atom. The maximum atomic E-state index is 8.99. The van der Waals surface area contributed by atoms with E-state index in [4.69, 9.17) is 14.7 Å². The van der Waals surface area contributed by atoms with Gasteiger partial charge in [0.2, 0.25) is 0 Å². The summed E-state index contributed by atoms with van der Waals surface area (Å²) in [6.07, 6.45) is 3.20. The molecular weight excluding hydrogens is 204 g/mol. The van der Waals surface area contributed by atoms with Crippen LogP contribution in [0.1, 0.15) is 5.56 Å². The Kier molecular flexibility index (Phi) is 2.61. The second kappa shape index (κ2) is 4.07. The Balaban J connectivity index is 2.85. The molecule has 0 N–H and O–H groups in total. The number of methoxy groups -OCH3 is 2. The first kappa shape index (κ1) is 10.2. The van der Waals surface area contributed by atoms with Gasteiger partial charge in [0.1, 0.15) is 17.6 Å². The minimum Gasteiger partial charge on any atom is -0.497 e. The number of rotatable bonds is 2. The highest BCUT2D eigenvalue weighted by molar-refractivity contribution is 5.93. The van der Waals surface area contributed by atoms with Gasteiger partial charge in [-0.2, -0.15) is 5.26 Å². The van der Waals surface area contributed by atoms with E-state index in [-0.39, 0.29) is 0 Å². The Morgan fingerprint density at radius 2 is 1.94 bits per heavy atom. The van der Waals surface area contributed by atoms with E-state index in [0.29, 0.717) is 17.1 Å². The highest BCUT2D eigenvalue weighted by Crippen LogP contribution is 2.31. The molecule has 80 valence electrons. The monoisotopic (exact) mass is 214 g/mol. The van der Waals surface area contributed by atoms with Gasteiger partial charge in [-0.05, 0) is 6.07 Å². The number of hydrogen-bond donors (Lipinski definition) is 0. The summed E-state index contributed by atoms with van der Waals surface area (Å²) in [5.41, 5.74) is 0.509. The predicted octanol–water partition coefficient (Wildman–Crippen LogP) is 2.12. The molecule has 0 fully saturated rings. The fourth-order valence-corrected chi connectivity index (χ4v) is 1.59. The second-order valence-electron chi connectivity index (χ2n) is 3.22. The van der Waals surface area contributed by atoms with Crippen LogP contribution in [0.5, 0.6) is 11.5 Å². The zero-order chi connectivity index (χ0) is 11.5. The third-order valence-corrected chi connectivity index (χ3v) is 2.39. The van der Waals surface area contributed by atoms with Crippen molar-refractivity contribution in [3.05, 3.63) is 30.1 Å². The number of pyridine rings is 1. The molecular formula is C12H10N2O2. The van der Waals surface area contributed by atoms with Crippen molar-refractivity contribution in [2.75, 3.05) is 14.2 Å². The fourth-order valence-electron chi connectivity index (χ4n) is 1.59. The first-order valence-electron chi connectivity index (χ1n) is 4.70. The summed E-state index contributed by atoms with van der Waals surface area (Å²) in [4.78, 5) is 4.00. The van der Waals surface area contributed by atoms with Crippen LogP contribution in [0.25, 0.3) is 10.8 Å². The van der Waals surface area contributed by atoms with Crippen LogP contribution < -0.4 is 9.47 Å². The Hall–Kier alpha value is -2.28. The average Bonchev–Trinajstić information content (AvgIpc) is 2.36. The predicted molar refractivity (Wildman–Crippen MR) is 59.6 cm³/mol. The first-order valence-corrected chi connectivity index (χ1v) is 4.70. The quantitative estimate of drug-likeness (QED) is 0.768. The van der Waals surface area contributed by atoms with Crippen LogP contribution in [0.4, 0.5) is 0 Å². The van der Waals surface area contributed by atoms with Gasteiger partial charge in [-0.15, -0.1) is 0 Å². The van der Waals surface area contributed by atoms with E-state index >= 15 is 0 Å². The third kappa shape index (κ3) is 1.52. The zero-order valence-electron chi connectivity index (χ0n) is 9.02. The van der Waals surface area contributed by atoms with Crippen LogP contribution in [0, 0.1) is 11.3 Å². The van der Waals surface area contributed by atoms with Crippen molar-refractivity contribution in [1.29, 1.82) is 5.26 Å². The molecule has 0 aliphatic rings. The van der Waals surface area contributed by atoms with E-state index in [2.05, 4.69) is 11.1 Å². The Morgan fingerprint density at radius 1 is 1.12 bits per heavy atom. The summed E-state index contributed by atoms with van der Waals surface area (Å²) >= 11 is 0. The lowest BCUT2D eigenvalue weighted by atomic mass is 10.1. The molecule has 2 rings (SSSR count). The molecule has 0 atom stereocenters. The van der Waals surface area contributed by atoms with Gasteiger partial charge in [-0.25, -0.2) is 0 Å². The molecule has 0 spiro atoms. The summed E-state index contributed by atoms with van der Waals surface area (Å²) in [6.45, 7) is 0. The van der Waals surface area contributed by atoms with Crippen molar-refractivity contribution >= 4 is 10.8 Å². The summed E-state index contributed by atoms with van der Waals surface area (Å²) in [5, 5.41) is 10.6. The van der Waals surface area contributed by atoms with Crippen molar-refractivity contribution in [1.82, 2.24) is 4.98 Å². The summed E-state index contributed by atoms with van der Waals surface area (Å²) < 4.78 is 10.4. The van der Waals surface area contributed by atoms with Gasteiger partial charge < -0.3 is 9.47 Å². The molecule has 2 aromatic rings. The topological polar surface area (TPSA) is 55.1 Å². The average molecular weight is 214 g/mol. The number of nitriles is 1. The number of benzene rings is 1. The molecule has 1 aromatic heterocycles. The van der Waals surface area contributed by atoms with Crippen molar-refractivity contribution in [3.8, 4) is 17.6 Å². The van der Waals surface area contributed by atoms with Crippen LogP contribution in [0.15, 0.2) is 24.5 Å². The molecule has 4 heteroatoms. The SMILES string of the molecule is COc1cc(OC)c2cncc(C#N)c2c1. The second-order valence-corrected chi connectivity index (χ2v) is 3.22. The van der Waals surface area contributed by atoms with E-state index in [1.165, 1.54) is 6.20 Å². The summed E-state index contributed by atoms with van der Waals surface area (Å²) in [5.74, 6) is 1.31. The molecule has 0 aliphatic carbocycles. The van der Waals surface area contributed by atoms with Gasteiger partial charge in [-0.3, -0.25) is 4.98 Å². The van der Waals surface area contributed by atoms with Crippen LogP contribution >= 0.6 is 0 Å². The molecule has 0 radical (unpaired) electrons. The smallest absolute Gasteiger partial charge is 0.131 e. The van der Waals surface area contributed by atoms with Crippen LogP contribution in [0.3, 0.4) is 0 Å². The standard InChI is InChI=1S/C12H10N2O2/c1-15-9-3-10-8(5-13)6-14-7-11(10)12(4-9)16-2/h3-4,6-7H,1-2H3. The van der Waals surface area contributed by atoms with E-state index in [0.717, 1.165) is 10.8 Å². The van der Waals surface area contributed by atoms with Gasteiger partial charge in [0.15, 0.2) is 0 Å². The van der Waals surface area contributed by atoms with Gasteiger partial charge in [-0.1, -0.05) is 0 Å². The lowest BCUT2D eigenvalue weighted by Gasteiger charge is -2.08. The normalized spacial score (nSPS) is 9.81. The van der Waals surface area contributed by atoms with Crippen molar-refractivity contribution < 1.29 is 9.47 Å². The maximum Gasteiger partial charge on any atom is 0.131 e. The summed E-state index contributed by atoms with van der Waals surface area (Å²) in [6, 6.07) is 5.67. The van der Waals surface area contributed by atoms with Crippen LogP contribution in [0.2, 0.25) is 0 Å². The van der Waals surface area contributed by atoms with Crippen molar-refractivity contribution in [2.45, 2.75) is 0 Å². The van der Waals surface area contributed by atoms with Crippen LogP contribution in [-0.4, -0.2) is 19.2 Å². The Labute approximate surface area is 93.0 Å². The molecule has 0 amide bonds. The van der Waals surface area contributed by atoms with E-state index < -0.39 is 0 Å². The largest absolute Gasteiger partial charge is 0.497 e. The van der Waals surface area contributed by atoms with E-state index in [1.807, 2.05) is 0 Å². The van der Waals surface area contributed by atoms with E-state index in [9.17, 15) is 0 Å². The van der Waals surface area contributed by atoms with Gasteiger partial charge in [0, 0.05) is 29.2 Å².